The lowest BCUT2D eigenvalue weighted by molar-refractivity contribution is 0.258. The van der Waals surface area contributed by atoms with Gasteiger partial charge >= 0.3 is 0 Å². The van der Waals surface area contributed by atoms with Crippen LogP contribution in [0.3, 0.4) is 0 Å². The molecule has 0 aromatic heterocycles. The molecule has 1 aromatic rings. The Kier molecular flexibility index (Phi) is 8.36. The van der Waals surface area contributed by atoms with Crippen molar-refractivity contribution in [1.82, 2.24) is 0 Å². The molecule has 0 aliphatic carbocycles. The Morgan fingerprint density at radius 2 is 1.60 bits per heavy atom. The molecule has 0 heterocycles. The molecule has 0 radical (unpaired) electrons. The molecule has 114 valence electrons. The number of aliphatic hydroxyl groups is 1. The van der Waals surface area contributed by atoms with E-state index in [1.54, 1.807) is 0 Å². The second-order valence-electron chi connectivity index (χ2n) is 5.70. The number of rotatable bonds is 10. The molecule has 0 aliphatic heterocycles. The molecule has 2 heteroatoms. The van der Waals surface area contributed by atoms with Gasteiger partial charge in [0.2, 0.25) is 0 Å². The third-order valence-electron chi connectivity index (χ3n) is 3.66. The molecule has 0 fully saturated rings. The SMILES string of the molecule is CCCCCCCCCOc1c(C)cc(C)cc1CO. The molecule has 0 amide bonds. The van der Waals surface area contributed by atoms with E-state index in [0.29, 0.717) is 0 Å². The molecule has 0 unspecified atom stereocenters. The fourth-order valence-electron chi connectivity index (χ4n) is 2.60. The largest absolute Gasteiger partial charge is 0.493 e. The van der Waals surface area contributed by atoms with E-state index in [-0.39, 0.29) is 6.61 Å². The highest BCUT2D eigenvalue weighted by molar-refractivity contribution is 5.43. The zero-order valence-electron chi connectivity index (χ0n) is 13.4. The number of hydrogen-bond donors (Lipinski definition) is 1. The highest BCUT2D eigenvalue weighted by Crippen LogP contribution is 2.25. The van der Waals surface area contributed by atoms with Crippen LogP contribution in [-0.4, -0.2) is 11.7 Å². The van der Waals surface area contributed by atoms with Gasteiger partial charge in [-0.25, -0.2) is 0 Å². The van der Waals surface area contributed by atoms with Crippen LogP contribution in [-0.2, 0) is 6.61 Å². The minimum absolute atomic E-state index is 0.0505. The summed E-state index contributed by atoms with van der Waals surface area (Å²) in [6.07, 6.45) is 9.03. The molecule has 0 spiro atoms. The summed E-state index contributed by atoms with van der Waals surface area (Å²) in [7, 11) is 0. The third-order valence-corrected chi connectivity index (χ3v) is 3.66. The topological polar surface area (TPSA) is 29.5 Å². The Hall–Kier alpha value is -1.02. The standard InChI is InChI=1S/C18H30O2/c1-4-5-6-7-8-9-10-11-20-18-16(3)12-15(2)13-17(18)14-19/h12-13,19H,4-11,14H2,1-3H3. The normalized spacial score (nSPS) is 10.8. The van der Waals surface area contributed by atoms with Gasteiger partial charge in [-0.05, 0) is 25.8 Å². The van der Waals surface area contributed by atoms with Gasteiger partial charge in [0, 0.05) is 5.56 Å². The summed E-state index contributed by atoms with van der Waals surface area (Å²) in [5.74, 6) is 0.879. The summed E-state index contributed by atoms with van der Waals surface area (Å²) < 4.78 is 5.88. The van der Waals surface area contributed by atoms with E-state index in [0.717, 1.165) is 29.9 Å². The van der Waals surface area contributed by atoms with Crippen LogP contribution in [0.15, 0.2) is 12.1 Å². The van der Waals surface area contributed by atoms with Crippen molar-refractivity contribution in [3.05, 3.63) is 28.8 Å². The summed E-state index contributed by atoms with van der Waals surface area (Å²) in [5, 5.41) is 9.41. The average molecular weight is 278 g/mol. The molecule has 1 rings (SSSR count). The van der Waals surface area contributed by atoms with Gasteiger partial charge in [-0.1, -0.05) is 63.1 Å². The van der Waals surface area contributed by atoms with Crippen molar-refractivity contribution >= 4 is 0 Å². The maximum Gasteiger partial charge on any atom is 0.127 e. The second kappa shape index (κ2) is 9.82. The van der Waals surface area contributed by atoms with E-state index in [9.17, 15) is 5.11 Å². The van der Waals surface area contributed by atoms with E-state index in [1.807, 2.05) is 19.9 Å². The number of benzene rings is 1. The molecular formula is C18H30O2. The van der Waals surface area contributed by atoms with E-state index in [4.69, 9.17) is 4.74 Å². The van der Waals surface area contributed by atoms with Gasteiger partial charge in [0.05, 0.1) is 13.2 Å². The Morgan fingerprint density at radius 1 is 0.950 bits per heavy atom. The number of aliphatic hydroxyl groups excluding tert-OH is 1. The van der Waals surface area contributed by atoms with Crippen molar-refractivity contribution in [2.75, 3.05) is 6.61 Å². The molecule has 0 saturated carbocycles. The van der Waals surface area contributed by atoms with Crippen molar-refractivity contribution in [1.29, 1.82) is 0 Å². The Morgan fingerprint density at radius 3 is 2.25 bits per heavy atom. The number of hydrogen-bond acceptors (Lipinski definition) is 2. The fraction of sp³-hybridized carbons (Fsp3) is 0.667. The summed E-state index contributed by atoms with van der Waals surface area (Å²) in [6.45, 7) is 7.15. The zero-order chi connectivity index (χ0) is 14.8. The summed E-state index contributed by atoms with van der Waals surface area (Å²) in [5.41, 5.74) is 3.21. The third kappa shape index (κ3) is 5.96. The lowest BCUT2D eigenvalue weighted by Gasteiger charge is -2.14. The highest BCUT2D eigenvalue weighted by atomic mass is 16.5. The minimum atomic E-state index is 0.0505. The minimum Gasteiger partial charge on any atom is -0.493 e. The number of ether oxygens (including phenoxy) is 1. The Bertz CT molecular complexity index is 385. The second-order valence-corrected chi connectivity index (χ2v) is 5.70. The average Bonchev–Trinajstić information content (AvgIpc) is 2.43. The summed E-state index contributed by atoms with van der Waals surface area (Å²) in [6, 6.07) is 4.12. The molecule has 1 N–H and O–H groups in total. The van der Waals surface area contributed by atoms with E-state index >= 15 is 0 Å². The van der Waals surface area contributed by atoms with Crippen LogP contribution in [0, 0.1) is 13.8 Å². The van der Waals surface area contributed by atoms with Crippen LogP contribution in [0.25, 0.3) is 0 Å². The zero-order valence-corrected chi connectivity index (χ0v) is 13.4. The number of aryl methyl sites for hydroxylation is 2. The lowest BCUT2D eigenvalue weighted by atomic mass is 10.1. The molecule has 0 atom stereocenters. The van der Waals surface area contributed by atoms with Crippen LogP contribution in [0.1, 0.15) is 68.6 Å². The first-order valence-electron chi connectivity index (χ1n) is 8.02. The first kappa shape index (κ1) is 17.0. The Balaban J connectivity index is 2.28. The Labute approximate surface area is 124 Å². The molecule has 0 saturated heterocycles. The fourth-order valence-corrected chi connectivity index (χ4v) is 2.60. The van der Waals surface area contributed by atoms with E-state index in [1.165, 1.54) is 44.1 Å². The van der Waals surface area contributed by atoms with E-state index < -0.39 is 0 Å². The van der Waals surface area contributed by atoms with E-state index in [2.05, 4.69) is 13.0 Å². The molecule has 0 aliphatic rings. The maximum atomic E-state index is 9.41. The van der Waals surface area contributed by atoms with Crippen molar-refractivity contribution in [2.45, 2.75) is 72.3 Å². The first-order chi connectivity index (χ1) is 9.69. The molecule has 20 heavy (non-hydrogen) atoms. The molecular weight excluding hydrogens is 248 g/mol. The van der Waals surface area contributed by atoms with Gasteiger partial charge in [0.25, 0.3) is 0 Å². The predicted molar refractivity (Wildman–Crippen MR) is 85.3 cm³/mol. The van der Waals surface area contributed by atoms with Crippen molar-refractivity contribution in [3.63, 3.8) is 0 Å². The van der Waals surface area contributed by atoms with Gasteiger partial charge in [-0.15, -0.1) is 0 Å². The monoisotopic (exact) mass is 278 g/mol. The van der Waals surface area contributed by atoms with Crippen LogP contribution >= 0.6 is 0 Å². The van der Waals surface area contributed by atoms with Crippen molar-refractivity contribution in [2.24, 2.45) is 0 Å². The van der Waals surface area contributed by atoms with Gasteiger partial charge < -0.3 is 9.84 Å². The molecule has 2 nitrogen and oxygen atoms in total. The molecule has 1 aromatic carbocycles. The van der Waals surface area contributed by atoms with Crippen molar-refractivity contribution in [3.8, 4) is 5.75 Å². The van der Waals surface area contributed by atoms with Crippen LogP contribution in [0.2, 0.25) is 0 Å². The predicted octanol–water partition coefficient (Wildman–Crippen LogP) is 4.93. The van der Waals surface area contributed by atoms with Gasteiger partial charge in [-0.3, -0.25) is 0 Å². The van der Waals surface area contributed by atoms with Crippen molar-refractivity contribution < 1.29 is 9.84 Å². The summed E-state index contributed by atoms with van der Waals surface area (Å²) in [4.78, 5) is 0. The number of unbranched alkanes of at least 4 members (excludes halogenated alkanes) is 6. The van der Waals surface area contributed by atoms with Crippen LogP contribution < -0.4 is 4.74 Å². The van der Waals surface area contributed by atoms with Crippen LogP contribution in [0.4, 0.5) is 0 Å². The summed E-state index contributed by atoms with van der Waals surface area (Å²) >= 11 is 0. The van der Waals surface area contributed by atoms with Gasteiger partial charge in [0.15, 0.2) is 0 Å². The first-order valence-corrected chi connectivity index (χ1v) is 8.02. The highest BCUT2D eigenvalue weighted by Gasteiger charge is 2.07. The molecule has 0 bridgehead atoms. The van der Waals surface area contributed by atoms with Gasteiger partial charge in [0.1, 0.15) is 5.75 Å². The van der Waals surface area contributed by atoms with Crippen LogP contribution in [0.5, 0.6) is 5.75 Å². The maximum absolute atomic E-state index is 9.41. The lowest BCUT2D eigenvalue weighted by Crippen LogP contribution is -2.03. The smallest absolute Gasteiger partial charge is 0.127 e. The quantitative estimate of drug-likeness (QED) is 0.615. The van der Waals surface area contributed by atoms with Gasteiger partial charge in [-0.2, -0.15) is 0 Å².